The Morgan fingerprint density at radius 1 is 1.00 bits per heavy atom. The molecule has 0 spiro atoms. The van der Waals surface area contributed by atoms with Crippen LogP contribution in [0.3, 0.4) is 0 Å². The average Bonchev–Trinajstić information content (AvgIpc) is 2.45. The largest absolute Gasteiger partial charge is 0.488 e. The lowest BCUT2D eigenvalue weighted by atomic mass is 10.1. The van der Waals surface area contributed by atoms with E-state index in [-0.39, 0.29) is 6.61 Å². The molecule has 0 bridgehead atoms. The lowest BCUT2D eigenvalue weighted by Crippen LogP contribution is -2.05. The highest BCUT2D eigenvalue weighted by molar-refractivity contribution is 9.10. The third-order valence-corrected chi connectivity index (χ3v) is 3.53. The summed E-state index contributed by atoms with van der Waals surface area (Å²) in [5.41, 5.74) is 6.49. The zero-order valence-electron chi connectivity index (χ0n) is 11.0. The normalized spacial score (nSPS) is 11.5. The van der Waals surface area contributed by atoms with Gasteiger partial charge >= 0.3 is 6.18 Å². The van der Waals surface area contributed by atoms with Crippen LogP contribution in [0.2, 0.25) is 0 Å². The minimum Gasteiger partial charge on any atom is -0.488 e. The highest BCUT2D eigenvalue weighted by atomic mass is 79.9. The predicted octanol–water partition coefficient (Wildman–Crippen LogP) is 4.51. The van der Waals surface area contributed by atoms with Gasteiger partial charge in [-0.15, -0.1) is 0 Å². The van der Waals surface area contributed by atoms with Crippen molar-refractivity contribution in [2.45, 2.75) is 19.3 Å². The molecule has 2 aromatic carbocycles. The third-order valence-electron chi connectivity index (χ3n) is 2.91. The molecule has 0 amide bonds. The molecule has 0 fully saturated rings. The molecule has 0 atom stereocenters. The van der Waals surface area contributed by atoms with Crippen LogP contribution in [0, 0.1) is 0 Å². The summed E-state index contributed by atoms with van der Waals surface area (Å²) in [7, 11) is 0. The number of alkyl halides is 3. The number of benzene rings is 2. The fraction of sp³-hybridized carbons (Fsp3) is 0.200. The van der Waals surface area contributed by atoms with E-state index >= 15 is 0 Å². The highest BCUT2D eigenvalue weighted by Gasteiger charge is 2.29. The van der Waals surface area contributed by atoms with Gasteiger partial charge < -0.3 is 10.5 Å². The molecule has 6 heteroatoms. The Morgan fingerprint density at radius 2 is 1.62 bits per heavy atom. The minimum atomic E-state index is -4.32. The molecule has 0 aromatic heterocycles. The van der Waals surface area contributed by atoms with E-state index in [0.29, 0.717) is 17.9 Å². The number of hydrogen-bond donors (Lipinski definition) is 1. The summed E-state index contributed by atoms with van der Waals surface area (Å²) in [4.78, 5) is 0. The average molecular weight is 360 g/mol. The molecule has 0 saturated carbocycles. The van der Waals surface area contributed by atoms with Crippen molar-refractivity contribution < 1.29 is 17.9 Å². The quantitative estimate of drug-likeness (QED) is 0.871. The van der Waals surface area contributed by atoms with Crippen LogP contribution in [0.25, 0.3) is 0 Å². The van der Waals surface area contributed by atoms with Crippen LogP contribution < -0.4 is 10.5 Å². The van der Waals surface area contributed by atoms with Gasteiger partial charge in [0.2, 0.25) is 0 Å². The van der Waals surface area contributed by atoms with Gasteiger partial charge in [-0.25, -0.2) is 0 Å². The molecular weight excluding hydrogens is 347 g/mol. The first kappa shape index (κ1) is 15.9. The van der Waals surface area contributed by atoms with Crippen molar-refractivity contribution in [2.24, 2.45) is 5.73 Å². The third kappa shape index (κ3) is 4.22. The first-order chi connectivity index (χ1) is 9.90. The van der Waals surface area contributed by atoms with Crippen molar-refractivity contribution in [3.63, 3.8) is 0 Å². The topological polar surface area (TPSA) is 35.2 Å². The van der Waals surface area contributed by atoms with Gasteiger partial charge in [-0.05, 0) is 51.3 Å². The first-order valence-corrected chi connectivity index (χ1v) is 6.97. The van der Waals surface area contributed by atoms with Crippen LogP contribution in [0.15, 0.2) is 46.9 Å². The molecule has 0 unspecified atom stereocenters. The molecule has 2 N–H and O–H groups in total. The summed E-state index contributed by atoms with van der Waals surface area (Å²) in [5, 5.41) is 0. The van der Waals surface area contributed by atoms with Gasteiger partial charge in [-0.2, -0.15) is 13.2 Å². The summed E-state index contributed by atoms with van der Waals surface area (Å²) < 4.78 is 43.7. The standard InChI is InChI=1S/C15H13BrF3NO/c16-13-7-11(8-20)3-6-14(13)21-9-10-1-4-12(5-2-10)15(17,18)19/h1-7H,8-9,20H2. The zero-order chi connectivity index (χ0) is 15.5. The number of hydrogen-bond acceptors (Lipinski definition) is 2. The van der Waals surface area contributed by atoms with E-state index in [1.165, 1.54) is 12.1 Å². The van der Waals surface area contributed by atoms with E-state index in [1.807, 2.05) is 12.1 Å². The SMILES string of the molecule is NCc1ccc(OCc2ccc(C(F)(F)F)cc2)c(Br)c1. The molecule has 0 radical (unpaired) electrons. The van der Waals surface area contributed by atoms with Gasteiger partial charge in [0.15, 0.2) is 0 Å². The molecule has 0 aliphatic rings. The number of halogens is 4. The molecule has 2 aromatic rings. The van der Waals surface area contributed by atoms with E-state index in [1.54, 1.807) is 6.07 Å². The van der Waals surface area contributed by atoms with E-state index in [2.05, 4.69) is 15.9 Å². The van der Waals surface area contributed by atoms with Gasteiger partial charge in [-0.1, -0.05) is 18.2 Å². The Hall–Kier alpha value is -1.53. The highest BCUT2D eigenvalue weighted by Crippen LogP contribution is 2.30. The van der Waals surface area contributed by atoms with Crippen molar-refractivity contribution in [2.75, 3.05) is 0 Å². The smallest absolute Gasteiger partial charge is 0.416 e. The summed E-state index contributed by atoms with van der Waals surface area (Å²) in [6.07, 6.45) is -4.32. The second-order valence-electron chi connectivity index (χ2n) is 4.45. The van der Waals surface area contributed by atoms with Crippen LogP contribution in [0.5, 0.6) is 5.75 Å². The summed E-state index contributed by atoms with van der Waals surface area (Å²) in [6, 6.07) is 10.4. The maximum atomic E-state index is 12.4. The monoisotopic (exact) mass is 359 g/mol. The molecule has 2 nitrogen and oxygen atoms in total. The summed E-state index contributed by atoms with van der Waals surface area (Å²) >= 11 is 3.37. The lowest BCUT2D eigenvalue weighted by molar-refractivity contribution is -0.137. The molecular formula is C15H13BrF3NO. The van der Waals surface area contributed by atoms with Crippen molar-refractivity contribution in [3.05, 3.63) is 63.6 Å². The van der Waals surface area contributed by atoms with Gasteiger partial charge in [0.05, 0.1) is 10.0 Å². The Labute approximate surface area is 128 Å². The van der Waals surface area contributed by atoms with Crippen LogP contribution in [0.1, 0.15) is 16.7 Å². The van der Waals surface area contributed by atoms with Gasteiger partial charge in [-0.3, -0.25) is 0 Å². The zero-order valence-corrected chi connectivity index (χ0v) is 12.5. The lowest BCUT2D eigenvalue weighted by Gasteiger charge is -2.11. The Balaban J connectivity index is 2.03. The Morgan fingerprint density at radius 3 is 2.14 bits per heavy atom. The Bertz CT molecular complexity index is 611. The van der Waals surface area contributed by atoms with Crippen LogP contribution >= 0.6 is 15.9 Å². The molecule has 21 heavy (non-hydrogen) atoms. The van der Waals surface area contributed by atoms with Crippen molar-refractivity contribution in [1.29, 1.82) is 0 Å². The second kappa shape index (κ2) is 6.49. The first-order valence-electron chi connectivity index (χ1n) is 6.17. The molecule has 112 valence electrons. The van der Waals surface area contributed by atoms with Crippen molar-refractivity contribution >= 4 is 15.9 Å². The minimum absolute atomic E-state index is 0.193. The van der Waals surface area contributed by atoms with Gasteiger partial charge in [0.1, 0.15) is 12.4 Å². The van der Waals surface area contributed by atoms with E-state index < -0.39 is 11.7 Å². The van der Waals surface area contributed by atoms with E-state index in [4.69, 9.17) is 10.5 Å². The Kier molecular flexibility index (Phi) is 4.90. The number of ether oxygens (including phenoxy) is 1. The number of rotatable bonds is 4. The predicted molar refractivity (Wildman–Crippen MR) is 77.8 cm³/mol. The van der Waals surface area contributed by atoms with E-state index in [0.717, 1.165) is 22.2 Å². The van der Waals surface area contributed by atoms with Crippen molar-refractivity contribution in [3.8, 4) is 5.75 Å². The molecule has 0 saturated heterocycles. The van der Waals surface area contributed by atoms with Gasteiger partial charge in [0.25, 0.3) is 0 Å². The van der Waals surface area contributed by atoms with Crippen LogP contribution in [0.4, 0.5) is 13.2 Å². The van der Waals surface area contributed by atoms with E-state index in [9.17, 15) is 13.2 Å². The molecule has 0 aliphatic heterocycles. The summed E-state index contributed by atoms with van der Waals surface area (Å²) in [5.74, 6) is 0.618. The van der Waals surface area contributed by atoms with Crippen molar-refractivity contribution in [1.82, 2.24) is 0 Å². The molecule has 2 rings (SSSR count). The second-order valence-corrected chi connectivity index (χ2v) is 5.31. The maximum Gasteiger partial charge on any atom is 0.416 e. The molecule has 0 heterocycles. The summed E-state index contributed by atoms with van der Waals surface area (Å²) in [6.45, 7) is 0.622. The van der Waals surface area contributed by atoms with Crippen LogP contribution in [-0.4, -0.2) is 0 Å². The van der Waals surface area contributed by atoms with Crippen LogP contribution in [-0.2, 0) is 19.3 Å². The fourth-order valence-electron chi connectivity index (χ4n) is 1.74. The number of nitrogens with two attached hydrogens (primary N) is 1. The maximum absolute atomic E-state index is 12.4. The van der Waals surface area contributed by atoms with Gasteiger partial charge in [0, 0.05) is 6.54 Å². The fourth-order valence-corrected chi connectivity index (χ4v) is 2.28. The molecule has 0 aliphatic carbocycles.